The minimum atomic E-state index is -0.282. The molecule has 3 saturated carbocycles. The number of aliphatic hydroxyl groups excluding tert-OH is 1. The summed E-state index contributed by atoms with van der Waals surface area (Å²) in [7, 11) is 1.79. The maximum atomic E-state index is 10.9. The van der Waals surface area contributed by atoms with Gasteiger partial charge in [-0.15, -0.1) is 0 Å². The zero-order valence-electron chi connectivity index (χ0n) is 23.1. The van der Waals surface area contributed by atoms with Crippen LogP contribution in [-0.4, -0.2) is 36.1 Å². The first-order valence-corrected chi connectivity index (χ1v) is 14.0. The Bertz CT molecular complexity index is 872. The smallest absolute Gasteiger partial charge is 0.0972 e. The molecule has 1 spiro atoms. The van der Waals surface area contributed by atoms with Crippen molar-refractivity contribution in [3.05, 3.63) is 24.3 Å². The molecule has 5 rings (SSSR count). The van der Waals surface area contributed by atoms with Crippen molar-refractivity contribution in [1.29, 1.82) is 0 Å². The van der Waals surface area contributed by atoms with Gasteiger partial charge in [-0.3, -0.25) is 0 Å². The summed E-state index contributed by atoms with van der Waals surface area (Å²) < 4.78 is 12.4. The van der Waals surface area contributed by atoms with E-state index in [-0.39, 0.29) is 28.1 Å². The zero-order valence-corrected chi connectivity index (χ0v) is 23.1. The van der Waals surface area contributed by atoms with Crippen molar-refractivity contribution in [3.63, 3.8) is 0 Å². The van der Waals surface area contributed by atoms with Crippen molar-refractivity contribution in [2.45, 2.75) is 111 Å². The molecule has 4 fully saturated rings. The second kappa shape index (κ2) is 7.68. The molecule has 1 aliphatic heterocycles. The molecule has 0 radical (unpaired) electrons. The molecule has 9 atom stereocenters. The summed E-state index contributed by atoms with van der Waals surface area (Å²) in [6.45, 7) is 17.4. The average molecular weight is 471 g/mol. The Kier molecular flexibility index (Phi) is 5.66. The molecule has 5 aliphatic rings. The summed E-state index contributed by atoms with van der Waals surface area (Å²) in [5, 5.41) is 10.9. The Balaban J connectivity index is 1.44. The summed E-state index contributed by atoms with van der Waals surface area (Å²) in [6, 6.07) is 0. The van der Waals surface area contributed by atoms with Crippen LogP contribution in [0, 0.1) is 45.3 Å². The van der Waals surface area contributed by atoms with Gasteiger partial charge in [-0.05, 0) is 87.4 Å². The lowest BCUT2D eigenvalue weighted by Crippen LogP contribution is -2.64. The van der Waals surface area contributed by atoms with Crippen LogP contribution in [0.3, 0.4) is 0 Å². The predicted octanol–water partition coefficient (Wildman–Crippen LogP) is 6.95. The number of allylic oxidation sites excluding steroid dienone is 2. The second-order valence-corrected chi connectivity index (χ2v) is 14.4. The van der Waals surface area contributed by atoms with E-state index in [0.717, 1.165) is 31.8 Å². The van der Waals surface area contributed by atoms with Crippen molar-refractivity contribution < 1.29 is 14.6 Å². The quantitative estimate of drug-likeness (QED) is 0.442. The van der Waals surface area contributed by atoms with Gasteiger partial charge in [0.2, 0.25) is 0 Å². The number of aliphatic hydroxyl groups is 1. The molecule has 1 saturated heterocycles. The van der Waals surface area contributed by atoms with Gasteiger partial charge in [0.05, 0.1) is 23.9 Å². The van der Waals surface area contributed by atoms with Crippen LogP contribution in [0.2, 0.25) is 0 Å². The van der Waals surface area contributed by atoms with Crippen LogP contribution in [0.5, 0.6) is 0 Å². The molecular weight excluding hydrogens is 420 g/mol. The van der Waals surface area contributed by atoms with Crippen LogP contribution < -0.4 is 0 Å². The third-order valence-corrected chi connectivity index (χ3v) is 12.6. The summed E-state index contributed by atoms with van der Waals surface area (Å²) in [5.74, 6) is 2.58. The Morgan fingerprint density at radius 3 is 2.53 bits per heavy atom. The van der Waals surface area contributed by atoms with E-state index in [2.05, 4.69) is 72.8 Å². The molecule has 0 aromatic rings. The van der Waals surface area contributed by atoms with Crippen LogP contribution in [0.4, 0.5) is 0 Å². The lowest BCUT2D eigenvalue weighted by molar-refractivity contribution is -0.168. The fourth-order valence-electron chi connectivity index (χ4n) is 10.00. The first kappa shape index (κ1) is 25.0. The van der Waals surface area contributed by atoms with Gasteiger partial charge in [0, 0.05) is 23.9 Å². The number of rotatable bonds is 5. The fourth-order valence-corrected chi connectivity index (χ4v) is 10.00. The van der Waals surface area contributed by atoms with Crippen molar-refractivity contribution in [3.8, 4) is 0 Å². The fraction of sp³-hybridized carbons (Fsp3) is 0.871. The van der Waals surface area contributed by atoms with Crippen molar-refractivity contribution in [2.24, 2.45) is 45.3 Å². The number of methoxy groups -OCH3 is 1. The Labute approximate surface area is 208 Å². The highest BCUT2D eigenvalue weighted by atomic mass is 16.5. The average Bonchev–Trinajstić information content (AvgIpc) is 3.17. The van der Waals surface area contributed by atoms with Gasteiger partial charge in [-0.25, -0.2) is 0 Å². The first-order valence-electron chi connectivity index (χ1n) is 14.0. The van der Waals surface area contributed by atoms with Crippen molar-refractivity contribution in [2.75, 3.05) is 13.7 Å². The highest BCUT2D eigenvalue weighted by molar-refractivity contribution is 5.33. The Hall–Kier alpha value is -0.640. The van der Waals surface area contributed by atoms with Gasteiger partial charge < -0.3 is 14.6 Å². The number of hydrogen-bond acceptors (Lipinski definition) is 3. The molecule has 192 valence electrons. The van der Waals surface area contributed by atoms with Gasteiger partial charge in [0.25, 0.3) is 0 Å². The highest BCUT2D eigenvalue weighted by Gasteiger charge is 2.75. The summed E-state index contributed by atoms with van der Waals surface area (Å²) in [6.07, 6.45) is 17.8. The maximum Gasteiger partial charge on any atom is 0.0972 e. The Morgan fingerprint density at radius 1 is 1.09 bits per heavy atom. The third kappa shape index (κ3) is 2.99. The SMILES string of the molecule is COC(C)(C)/C=C/C[C@H](C)[C@@H]1CC[C@]2(C)[C@H]3C=C[C@]45OC[C@@]3(CC[C@@]12C)[C@H]4CC[C@@H](O)C5(C)C. The van der Waals surface area contributed by atoms with Crippen LogP contribution in [0.25, 0.3) is 0 Å². The monoisotopic (exact) mass is 470 g/mol. The van der Waals surface area contributed by atoms with Crippen molar-refractivity contribution in [1.82, 2.24) is 0 Å². The molecule has 34 heavy (non-hydrogen) atoms. The largest absolute Gasteiger partial charge is 0.392 e. The molecule has 1 N–H and O–H groups in total. The van der Waals surface area contributed by atoms with E-state index in [1.54, 1.807) is 7.11 Å². The van der Waals surface area contributed by atoms with Gasteiger partial charge >= 0.3 is 0 Å². The van der Waals surface area contributed by atoms with Gasteiger partial charge in [-0.1, -0.05) is 58.9 Å². The van der Waals surface area contributed by atoms with E-state index in [4.69, 9.17) is 9.47 Å². The molecule has 3 heteroatoms. The molecule has 0 aromatic heterocycles. The lowest BCUT2D eigenvalue weighted by Gasteiger charge is -2.65. The van der Waals surface area contributed by atoms with E-state index in [9.17, 15) is 5.11 Å². The predicted molar refractivity (Wildman–Crippen MR) is 138 cm³/mol. The van der Waals surface area contributed by atoms with E-state index < -0.39 is 0 Å². The molecule has 3 nitrogen and oxygen atoms in total. The standard InChI is InChI=1S/C31H50O3/c1-21(10-9-15-26(2,3)33-8)22-13-16-29(7)23-14-17-31-24(11-12-25(32)27(31,4)5)30(23,20-34-31)19-18-28(22,29)6/h9,14-15,17,21-25,32H,10-13,16,18-20H2,1-8H3/b15-9+/t21-,22-,23+,24+,25+,28-,29+,30+,31-/m0/s1. The molecule has 4 aliphatic carbocycles. The van der Waals surface area contributed by atoms with Crippen LogP contribution in [0.15, 0.2) is 24.3 Å². The van der Waals surface area contributed by atoms with E-state index in [1.165, 1.54) is 25.7 Å². The molecule has 0 unspecified atom stereocenters. The number of ether oxygens (including phenoxy) is 2. The first-order chi connectivity index (χ1) is 15.8. The minimum absolute atomic E-state index is 0.186. The number of fused-ring (bicyclic) bond motifs is 2. The Morgan fingerprint density at radius 2 is 1.82 bits per heavy atom. The second-order valence-electron chi connectivity index (χ2n) is 14.4. The maximum absolute atomic E-state index is 10.9. The van der Waals surface area contributed by atoms with Crippen LogP contribution in [0.1, 0.15) is 93.4 Å². The lowest BCUT2D eigenvalue weighted by atomic mass is 9.38. The van der Waals surface area contributed by atoms with Gasteiger partial charge in [0.1, 0.15) is 0 Å². The van der Waals surface area contributed by atoms with Crippen LogP contribution >= 0.6 is 0 Å². The normalized spacial score (nSPS) is 50.1. The van der Waals surface area contributed by atoms with Gasteiger partial charge in [0.15, 0.2) is 0 Å². The topological polar surface area (TPSA) is 38.7 Å². The van der Waals surface area contributed by atoms with Crippen molar-refractivity contribution >= 4 is 0 Å². The van der Waals surface area contributed by atoms with E-state index >= 15 is 0 Å². The van der Waals surface area contributed by atoms with Gasteiger partial charge in [-0.2, -0.15) is 0 Å². The molecule has 0 amide bonds. The summed E-state index contributed by atoms with van der Waals surface area (Å²) >= 11 is 0. The zero-order chi connectivity index (χ0) is 24.8. The van der Waals surface area contributed by atoms with E-state index in [0.29, 0.717) is 28.6 Å². The molecule has 1 heterocycles. The highest BCUT2D eigenvalue weighted by Crippen LogP contribution is 2.77. The minimum Gasteiger partial charge on any atom is -0.392 e. The van der Waals surface area contributed by atoms with Crippen LogP contribution in [-0.2, 0) is 9.47 Å². The molecular formula is C31H50O3. The summed E-state index contributed by atoms with van der Waals surface area (Å²) in [4.78, 5) is 0. The third-order valence-electron chi connectivity index (χ3n) is 12.6. The number of hydrogen-bond donors (Lipinski definition) is 1. The van der Waals surface area contributed by atoms with E-state index in [1.807, 2.05) is 0 Å². The molecule has 0 aromatic carbocycles. The molecule has 2 bridgehead atoms. The summed E-state index contributed by atoms with van der Waals surface area (Å²) in [5.41, 5.74) is 0.238.